The first-order valence-corrected chi connectivity index (χ1v) is 6.10. The number of thioether (sulfide) groups is 1. The fourth-order valence-corrected chi connectivity index (χ4v) is 2.67. The first kappa shape index (κ1) is 12.3. The minimum absolute atomic E-state index is 0.0493. The molecule has 86 valence electrons. The molecule has 1 atom stereocenters. The second-order valence-corrected chi connectivity index (χ2v) is 4.65. The summed E-state index contributed by atoms with van der Waals surface area (Å²) in [5, 5.41) is 2.47. The van der Waals surface area contributed by atoms with Crippen LogP contribution in [0.2, 0.25) is 0 Å². The highest BCUT2D eigenvalue weighted by Crippen LogP contribution is 2.21. The van der Waals surface area contributed by atoms with Crippen molar-refractivity contribution in [1.29, 1.82) is 0 Å². The first-order chi connectivity index (χ1) is 7.15. The summed E-state index contributed by atoms with van der Waals surface area (Å²) in [6.07, 6.45) is 1.04. The molecule has 0 aliphatic carbocycles. The molecular formula is C9H17N3O2S. The van der Waals surface area contributed by atoms with Crippen LogP contribution in [0.4, 0.5) is 0 Å². The van der Waals surface area contributed by atoms with Crippen molar-refractivity contribution < 1.29 is 9.59 Å². The number of rotatable bonds is 4. The molecule has 3 N–H and O–H groups in total. The van der Waals surface area contributed by atoms with E-state index in [0.717, 1.165) is 17.9 Å². The van der Waals surface area contributed by atoms with E-state index in [1.54, 1.807) is 11.9 Å². The van der Waals surface area contributed by atoms with Crippen LogP contribution in [0, 0.1) is 0 Å². The van der Waals surface area contributed by atoms with Gasteiger partial charge in [-0.05, 0) is 12.2 Å². The Balaban J connectivity index is 2.29. The minimum atomic E-state index is -0.294. The van der Waals surface area contributed by atoms with Crippen molar-refractivity contribution in [3.63, 3.8) is 0 Å². The predicted molar refractivity (Wildman–Crippen MR) is 60.6 cm³/mol. The van der Waals surface area contributed by atoms with Crippen LogP contribution in [0.1, 0.15) is 6.42 Å². The van der Waals surface area contributed by atoms with Crippen molar-refractivity contribution in [1.82, 2.24) is 10.2 Å². The van der Waals surface area contributed by atoms with Gasteiger partial charge in [-0.15, -0.1) is 0 Å². The molecule has 0 bridgehead atoms. The van der Waals surface area contributed by atoms with Crippen LogP contribution in [0.15, 0.2) is 0 Å². The lowest BCUT2D eigenvalue weighted by Crippen LogP contribution is -2.44. The molecule has 5 nitrogen and oxygen atoms in total. The molecule has 1 fully saturated rings. The van der Waals surface area contributed by atoms with Crippen molar-refractivity contribution in [2.24, 2.45) is 5.73 Å². The van der Waals surface area contributed by atoms with E-state index in [9.17, 15) is 9.59 Å². The third-order valence-corrected chi connectivity index (χ3v) is 3.61. The number of nitrogens with zero attached hydrogens (tertiary/aromatic N) is 1. The molecule has 2 amide bonds. The largest absolute Gasteiger partial charge is 0.346 e. The highest BCUT2D eigenvalue weighted by molar-refractivity contribution is 7.99. The van der Waals surface area contributed by atoms with Gasteiger partial charge in [0.05, 0.1) is 13.1 Å². The number of carbonyl (C=O) groups is 2. The molecule has 1 aliphatic heterocycles. The zero-order valence-electron chi connectivity index (χ0n) is 8.86. The van der Waals surface area contributed by atoms with Gasteiger partial charge in [-0.2, -0.15) is 11.8 Å². The molecule has 6 heteroatoms. The third kappa shape index (κ3) is 3.71. The molecule has 1 aliphatic rings. The second-order valence-electron chi connectivity index (χ2n) is 3.50. The maximum absolute atomic E-state index is 11.6. The Morgan fingerprint density at radius 2 is 2.33 bits per heavy atom. The van der Waals surface area contributed by atoms with Gasteiger partial charge in [0.1, 0.15) is 0 Å². The van der Waals surface area contributed by atoms with Gasteiger partial charge in [0.25, 0.3) is 0 Å². The van der Waals surface area contributed by atoms with Crippen molar-refractivity contribution in [3.05, 3.63) is 0 Å². The Morgan fingerprint density at radius 3 is 2.87 bits per heavy atom. The minimum Gasteiger partial charge on any atom is -0.346 e. The Morgan fingerprint density at radius 1 is 1.60 bits per heavy atom. The van der Waals surface area contributed by atoms with Gasteiger partial charge in [-0.3, -0.25) is 9.59 Å². The molecule has 0 aromatic rings. The molecule has 1 heterocycles. The third-order valence-electron chi connectivity index (χ3n) is 2.47. The van der Waals surface area contributed by atoms with E-state index in [-0.39, 0.29) is 24.9 Å². The lowest BCUT2D eigenvalue weighted by atomic mass is 10.2. The molecule has 0 aromatic carbocycles. The van der Waals surface area contributed by atoms with Gasteiger partial charge >= 0.3 is 0 Å². The standard InChI is InChI=1S/C9H17N3O2S/c1-12(7-2-3-15-6-7)9(14)5-11-8(13)4-10/h7H,2-6,10H2,1H3,(H,11,13). The lowest BCUT2D eigenvalue weighted by Gasteiger charge is -2.23. The smallest absolute Gasteiger partial charge is 0.241 e. The zero-order chi connectivity index (χ0) is 11.3. The summed E-state index contributed by atoms with van der Waals surface area (Å²) < 4.78 is 0. The molecule has 15 heavy (non-hydrogen) atoms. The van der Waals surface area contributed by atoms with E-state index < -0.39 is 0 Å². The van der Waals surface area contributed by atoms with Crippen LogP contribution in [-0.2, 0) is 9.59 Å². The number of likely N-dealkylation sites (N-methyl/N-ethyl adjacent to an activating group) is 1. The van der Waals surface area contributed by atoms with Crippen LogP contribution in [-0.4, -0.2) is 54.4 Å². The summed E-state index contributed by atoms with van der Waals surface area (Å²) in [7, 11) is 1.79. The maximum atomic E-state index is 11.6. The van der Waals surface area contributed by atoms with E-state index in [4.69, 9.17) is 5.73 Å². The average Bonchev–Trinajstić information content (AvgIpc) is 2.77. The molecule has 1 saturated heterocycles. The fourth-order valence-electron chi connectivity index (χ4n) is 1.40. The lowest BCUT2D eigenvalue weighted by molar-refractivity contribution is -0.132. The summed E-state index contributed by atoms with van der Waals surface area (Å²) in [4.78, 5) is 24.2. The highest BCUT2D eigenvalue weighted by Gasteiger charge is 2.23. The monoisotopic (exact) mass is 231 g/mol. The first-order valence-electron chi connectivity index (χ1n) is 4.95. The molecule has 0 spiro atoms. The van der Waals surface area contributed by atoms with Crippen molar-refractivity contribution in [2.45, 2.75) is 12.5 Å². The summed E-state index contributed by atoms with van der Waals surface area (Å²) in [6.45, 7) is -0.0238. The van der Waals surface area contributed by atoms with Crippen LogP contribution in [0.5, 0.6) is 0 Å². The van der Waals surface area contributed by atoms with E-state index in [2.05, 4.69) is 5.32 Å². The number of amides is 2. The molecule has 1 unspecified atom stereocenters. The van der Waals surface area contributed by atoms with Crippen LogP contribution >= 0.6 is 11.8 Å². The summed E-state index contributed by atoms with van der Waals surface area (Å²) in [5.74, 6) is 1.76. The zero-order valence-corrected chi connectivity index (χ0v) is 9.68. The average molecular weight is 231 g/mol. The summed E-state index contributed by atoms with van der Waals surface area (Å²) in [6, 6.07) is 0.317. The van der Waals surface area contributed by atoms with E-state index in [1.165, 1.54) is 0 Å². The Hall–Kier alpha value is -0.750. The summed E-state index contributed by atoms with van der Waals surface area (Å²) in [5.41, 5.74) is 5.12. The van der Waals surface area contributed by atoms with E-state index in [1.807, 2.05) is 11.8 Å². The van der Waals surface area contributed by atoms with Crippen molar-refractivity contribution in [2.75, 3.05) is 31.6 Å². The van der Waals surface area contributed by atoms with Crippen LogP contribution in [0.3, 0.4) is 0 Å². The number of hydrogen-bond donors (Lipinski definition) is 2. The Bertz CT molecular complexity index is 242. The topological polar surface area (TPSA) is 75.4 Å². The highest BCUT2D eigenvalue weighted by atomic mass is 32.2. The van der Waals surface area contributed by atoms with E-state index >= 15 is 0 Å². The van der Waals surface area contributed by atoms with Gasteiger partial charge in [-0.25, -0.2) is 0 Å². The van der Waals surface area contributed by atoms with Gasteiger partial charge in [0, 0.05) is 18.8 Å². The van der Waals surface area contributed by atoms with E-state index in [0.29, 0.717) is 6.04 Å². The van der Waals surface area contributed by atoms with Crippen molar-refractivity contribution >= 4 is 23.6 Å². The van der Waals surface area contributed by atoms with Gasteiger partial charge < -0.3 is 16.0 Å². The van der Waals surface area contributed by atoms with Crippen LogP contribution in [0.25, 0.3) is 0 Å². The maximum Gasteiger partial charge on any atom is 0.241 e. The molecule has 1 rings (SSSR count). The number of nitrogens with two attached hydrogens (primary N) is 1. The van der Waals surface area contributed by atoms with Gasteiger partial charge in [0.2, 0.25) is 11.8 Å². The molecule has 0 radical (unpaired) electrons. The number of nitrogens with one attached hydrogen (secondary N) is 1. The Labute approximate surface area is 93.7 Å². The van der Waals surface area contributed by atoms with Crippen LogP contribution < -0.4 is 11.1 Å². The number of hydrogen-bond acceptors (Lipinski definition) is 4. The van der Waals surface area contributed by atoms with Gasteiger partial charge in [-0.1, -0.05) is 0 Å². The summed E-state index contributed by atoms with van der Waals surface area (Å²) >= 11 is 1.86. The quantitative estimate of drug-likeness (QED) is 0.652. The van der Waals surface area contributed by atoms with Crippen molar-refractivity contribution in [3.8, 4) is 0 Å². The molecular weight excluding hydrogens is 214 g/mol. The Kier molecular flexibility index (Phi) is 4.90. The number of carbonyl (C=O) groups excluding carboxylic acids is 2. The molecule has 0 saturated carbocycles. The second kappa shape index (κ2) is 5.97. The molecule has 0 aromatic heterocycles. The SMILES string of the molecule is CN(C(=O)CNC(=O)CN)C1CCSC1. The normalized spacial score (nSPS) is 20.0. The van der Waals surface area contributed by atoms with Gasteiger partial charge in [0.15, 0.2) is 0 Å². The predicted octanol–water partition coefficient (Wildman–Crippen LogP) is -0.975. The fraction of sp³-hybridized carbons (Fsp3) is 0.778.